The molecule has 0 radical (unpaired) electrons. The third-order valence-corrected chi connectivity index (χ3v) is 3.44. The predicted molar refractivity (Wildman–Crippen MR) is 74.1 cm³/mol. The van der Waals surface area contributed by atoms with Crippen molar-refractivity contribution in [3.63, 3.8) is 0 Å². The summed E-state index contributed by atoms with van der Waals surface area (Å²) < 4.78 is 31.6. The Labute approximate surface area is 121 Å². The van der Waals surface area contributed by atoms with Crippen LogP contribution in [0.25, 0.3) is 0 Å². The highest BCUT2D eigenvalue weighted by Gasteiger charge is 2.16. The summed E-state index contributed by atoms with van der Waals surface area (Å²) in [6.07, 6.45) is 0. The maximum Gasteiger partial charge on any atom is 0.187 e. The lowest BCUT2D eigenvalue weighted by atomic mass is 9.99. The molecule has 0 unspecified atom stereocenters. The van der Waals surface area contributed by atoms with E-state index in [2.05, 4.69) is 10.5 Å². The van der Waals surface area contributed by atoms with Gasteiger partial charge in [0.1, 0.15) is 5.76 Å². The van der Waals surface area contributed by atoms with E-state index in [4.69, 9.17) is 9.63 Å². The van der Waals surface area contributed by atoms with Gasteiger partial charge in [-0.15, -0.1) is 0 Å². The van der Waals surface area contributed by atoms with E-state index in [9.17, 15) is 8.78 Å². The summed E-state index contributed by atoms with van der Waals surface area (Å²) in [5, 5.41) is 16.1. The topological polar surface area (TPSA) is 58.3 Å². The molecule has 6 heteroatoms. The van der Waals surface area contributed by atoms with Crippen molar-refractivity contribution in [3.05, 3.63) is 46.3 Å². The first-order chi connectivity index (χ1) is 9.90. The number of nitrogens with one attached hydrogen (secondary N) is 1. The van der Waals surface area contributed by atoms with Crippen molar-refractivity contribution in [1.82, 2.24) is 10.5 Å². The van der Waals surface area contributed by atoms with Gasteiger partial charge in [-0.05, 0) is 37.5 Å². The van der Waals surface area contributed by atoms with Gasteiger partial charge in [0.15, 0.2) is 17.4 Å². The number of hydrogen-bond acceptors (Lipinski definition) is 4. The molecular formula is C15H18F2N2O2. The Hall–Kier alpha value is -1.95. The van der Waals surface area contributed by atoms with Gasteiger partial charge in [-0.1, -0.05) is 12.1 Å². The molecule has 2 N–H and O–H groups in total. The molecule has 114 valence electrons. The number of aryl methyl sites for hydroxylation is 2. The fraction of sp³-hybridized carbons (Fsp3) is 0.400. The molecule has 21 heavy (non-hydrogen) atoms. The largest absolute Gasteiger partial charge is 0.503 e. The van der Waals surface area contributed by atoms with Crippen LogP contribution in [0.4, 0.5) is 8.78 Å². The Morgan fingerprint density at radius 3 is 2.43 bits per heavy atom. The van der Waals surface area contributed by atoms with Crippen LogP contribution in [0.1, 0.15) is 35.4 Å². The predicted octanol–water partition coefficient (Wildman–Crippen LogP) is 3.17. The van der Waals surface area contributed by atoms with Gasteiger partial charge in [0.2, 0.25) is 0 Å². The Bertz CT molecular complexity index is 598. The summed E-state index contributed by atoms with van der Waals surface area (Å²) in [6, 6.07) is 2.23. The summed E-state index contributed by atoms with van der Waals surface area (Å²) in [5.41, 5.74) is 2.34. The molecule has 0 amide bonds. The number of rotatable bonds is 5. The first-order valence-electron chi connectivity index (χ1n) is 6.70. The number of aromatic nitrogens is 1. The van der Waals surface area contributed by atoms with E-state index in [1.807, 2.05) is 20.8 Å². The lowest BCUT2D eigenvalue weighted by Crippen LogP contribution is -2.20. The quantitative estimate of drug-likeness (QED) is 0.890. The van der Waals surface area contributed by atoms with Crippen molar-refractivity contribution in [1.29, 1.82) is 0 Å². The van der Waals surface area contributed by atoms with Crippen LogP contribution in [0.3, 0.4) is 0 Å². The zero-order valence-electron chi connectivity index (χ0n) is 12.2. The molecule has 1 heterocycles. The maximum atomic E-state index is 13.2. The number of halogens is 2. The summed E-state index contributed by atoms with van der Waals surface area (Å²) in [4.78, 5) is 0. The number of aromatic hydroxyl groups is 1. The van der Waals surface area contributed by atoms with Crippen molar-refractivity contribution in [2.45, 2.75) is 33.2 Å². The Morgan fingerprint density at radius 1 is 1.29 bits per heavy atom. The van der Waals surface area contributed by atoms with Crippen LogP contribution in [0.15, 0.2) is 16.7 Å². The van der Waals surface area contributed by atoms with Crippen LogP contribution < -0.4 is 5.32 Å². The molecule has 0 fully saturated rings. The van der Waals surface area contributed by atoms with E-state index < -0.39 is 17.4 Å². The van der Waals surface area contributed by atoms with Gasteiger partial charge < -0.3 is 14.9 Å². The second-order valence-corrected chi connectivity index (χ2v) is 5.18. The molecule has 1 atom stereocenters. The second kappa shape index (κ2) is 6.22. The molecule has 2 aromatic rings. The van der Waals surface area contributed by atoms with Crippen LogP contribution in [-0.2, 0) is 6.54 Å². The molecule has 0 bridgehead atoms. The summed E-state index contributed by atoms with van der Waals surface area (Å²) in [6.45, 7) is 6.69. The average molecular weight is 296 g/mol. The van der Waals surface area contributed by atoms with Crippen molar-refractivity contribution in [2.24, 2.45) is 0 Å². The number of phenols is 1. The standard InChI is InChI=1S/C15H18F2N2O2/c1-8(14-9(2)19-21-10(14)3)6-18-7-11-4-12(16)15(20)13(17)5-11/h4-5,8,18,20H,6-7H2,1-3H3/t8-/m1/s1. The van der Waals surface area contributed by atoms with E-state index in [1.54, 1.807) is 0 Å². The van der Waals surface area contributed by atoms with Gasteiger partial charge in [0.25, 0.3) is 0 Å². The van der Waals surface area contributed by atoms with Crippen LogP contribution in [0.2, 0.25) is 0 Å². The number of nitrogens with zero attached hydrogens (tertiary/aromatic N) is 1. The Kier molecular flexibility index (Phi) is 4.57. The van der Waals surface area contributed by atoms with E-state index in [0.717, 1.165) is 29.2 Å². The number of phenolic OH excluding ortho intramolecular Hbond substituents is 1. The highest BCUT2D eigenvalue weighted by atomic mass is 19.1. The summed E-state index contributed by atoms with van der Waals surface area (Å²) >= 11 is 0. The minimum atomic E-state index is -0.953. The van der Waals surface area contributed by atoms with Gasteiger partial charge in [-0.2, -0.15) is 0 Å². The van der Waals surface area contributed by atoms with Crippen molar-refractivity contribution < 1.29 is 18.4 Å². The van der Waals surface area contributed by atoms with Gasteiger partial charge in [-0.25, -0.2) is 8.78 Å². The molecule has 4 nitrogen and oxygen atoms in total. The molecule has 0 saturated heterocycles. The van der Waals surface area contributed by atoms with Crippen molar-refractivity contribution >= 4 is 0 Å². The van der Waals surface area contributed by atoms with E-state index in [0.29, 0.717) is 18.7 Å². The monoisotopic (exact) mass is 296 g/mol. The molecule has 0 aliphatic rings. The van der Waals surface area contributed by atoms with E-state index in [-0.39, 0.29) is 5.92 Å². The normalized spacial score (nSPS) is 12.6. The molecule has 1 aromatic carbocycles. The van der Waals surface area contributed by atoms with E-state index >= 15 is 0 Å². The number of benzene rings is 1. The molecule has 1 aromatic heterocycles. The highest BCUT2D eigenvalue weighted by Crippen LogP contribution is 2.23. The lowest BCUT2D eigenvalue weighted by Gasteiger charge is -2.13. The van der Waals surface area contributed by atoms with Gasteiger partial charge in [-0.3, -0.25) is 0 Å². The molecule has 0 saturated carbocycles. The van der Waals surface area contributed by atoms with Gasteiger partial charge in [0.05, 0.1) is 5.69 Å². The SMILES string of the molecule is Cc1noc(C)c1[C@H](C)CNCc1cc(F)c(O)c(F)c1. The zero-order chi connectivity index (χ0) is 15.6. The zero-order valence-corrected chi connectivity index (χ0v) is 12.2. The Morgan fingerprint density at radius 2 is 1.90 bits per heavy atom. The van der Waals surface area contributed by atoms with Crippen LogP contribution in [0, 0.1) is 25.5 Å². The lowest BCUT2D eigenvalue weighted by molar-refractivity contribution is 0.391. The number of hydrogen-bond donors (Lipinski definition) is 2. The Balaban J connectivity index is 1.96. The molecule has 0 spiro atoms. The third kappa shape index (κ3) is 3.39. The van der Waals surface area contributed by atoms with E-state index in [1.165, 1.54) is 0 Å². The first-order valence-corrected chi connectivity index (χ1v) is 6.70. The van der Waals surface area contributed by atoms with Crippen LogP contribution in [-0.4, -0.2) is 16.8 Å². The fourth-order valence-electron chi connectivity index (χ4n) is 2.45. The molecule has 2 rings (SSSR count). The molecular weight excluding hydrogens is 278 g/mol. The van der Waals surface area contributed by atoms with Crippen LogP contribution in [0.5, 0.6) is 5.75 Å². The van der Waals surface area contributed by atoms with Crippen LogP contribution >= 0.6 is 0 Å². The summed E-state index contributed by atoms with van der Waals surface area (Å²) in [5.74, 6) is -1.90. The van der Waals surface area contributed by atoms with Gasteiger partial charge >= 0.3 is 0 Å². The average Bonchev–Trinajstić information content (AvgIpc) is 2.75. The first kappa shape index (κ1) is 15.4. The molecule has 0 aliphatic carbocycles. The van der Waals surface area contributed by atoms with Crippen molar-refractivity contribution in [2.75, 3.05) is 6.54 Å². The smallest absolute Gasteiger partial charge is 0.187 e. The highest BCUT2D eigenvalue weighted by molar-refractivity contribution is 5.30. The second-order valence-electron chi connectivity index (χ2n) is 5.18. The minimum absolute atomic E-state index is 0.169. The molecule has 0 aliphatic heterocycles. The minimum Gasteiger partial charge on any atom is -0.503 e. The van der Waals surface area contributed by atoms with Gasteiger partial charge in [0, 0.05) is 18.7 Å². The fourth-order valence-corrected chi connectivity index (χ4v) is 2.45. The third-order valence-electron chi connectivity index (χ3n) is 3.44. The van der Waals surface area contributed by atoms with Crippen molar-refractivity contribution in [3.8, 4) is 5.75 Å². The maximum absolute atomic E-state index is 13.2. The summed E-state index contributed by atoms with van der Waals surface area (Å²) in [7, 11) is 0.